The molecule has 0 bridgehead atoms. The largest absolute Gasteiger partial charge is 0.479 e. The standard InChI is InChI=1S/C17H18ClNO2/c1-12-8-9-15(18)16(10-12)21-13(2)17(20)19-11-14-6-4-3-5-7-14/h3-10,13H,11H2,1-2H3,(H,19,20)/t13-/m1/s1. The first kappa shape index (κ1) is 15.4. The Labute approximate surface area is 129 Å². The average molecular weight is 304 g/mol. The Morgan fingerprint density at radius 3 is 2.67 bits per heavy atom. The molecule has 0 heterocycles. The number of benzene rings is 2. The van der Waals surface area contributed by atoms with E-state index in [1.165, 1.54) is 0 Å². The fraction of sp³-hybridized carbons (Fsp3) is 0.235. The Hall–Kier alpha value is -2.00. The lowest BCUT2D eigenvalue weighted by molar-refractivity contribution is -0.127. The number of hydrogen-bond acceptors (Lipinski definition) is 2. The summed E-state index contributed by atoms with van der Waals surface area (Å²) in [6, 6.07) is 15.2. The molecule has 1 amide bonds. The van der Waals surface area contributed by atoms with Crippen molar-refractivity contribution < 1.29 is 9.53 Å². The molecule has 1 atom stereocenters. The van der Waals surface area contributed by atoms with E-state index in [9.17, 15) is 4.79 Å². The van der Waals surface area contributed by atoms with Crippen LogP contribution >= 0.6 is 11.6 Å². The van der Waals surface area contributed by atoms with Gasteiger partial charge in [0.05, 0.1) is 5.02 Å². The smallest absolute Gasteiger partial charge is 0.261 e. The summed E-state index contributed by atoms with van der Waals surface area (Å²) in [6.45, 7) is 4.14. The van der Waals surface area contributed by atoms with Gasteiger partial charge in [0.25, 0.3) is 5.91 Å². The lowest BCUT2D eigenvalue weighted by Gasteiger charge is -2.16. The van der Waals surface area contributed by atoms with E-state index in [4.69, 9.17) is 16.3 Å². The molecule has 2 aromatic carbocycles. The Bertz CT molecular complexity index is 613. The van der Waals surface area contributed by atoms with Crippen molar-refractivity contribution in [1.82, 2.24) is 5.32 Å². The van der Waals surface area contributed by atoms with E-state index in [0.717, 1.165) is 11.1 Å². The third kappa shape index (κ3) is 4.50. The summed E-state index contributed by atoms with van der Waals surface area (Å²) in [4.78, 5) is 12.0. The van der Waals surface area contributed by atoms with Gasteiger partial charge in [-0.25, -0.2) is 0 Å². The molecule has 0 saturated heterocycles. The molecular formula is C17H18ClNO2. The van der Waals surface area contributed by atoms with E-state index in [1.54, 1.807) is 13.0 Å². The van der Waals surface area contributed by atoms with Gasteiger partial charge < -0.3 is 10.1 Å². The Balaban J connectivity index is 1.92. The minimum Gasteiger partial charge on any atom is -0.479 e. The normalized spacial score (nSPS) is 11.8. The molecule has 0 aliphatic rings. The zero-order chi connectivity index (χ0) is 15.2. The molecule has 0 spiro atoms. The van der Waals surface area contributed by atoms with Crippen LogP contribution in [0.5, 0.6) is 5.75 Å². The summed E-state index contributed by atoms with van der Waals surface area (Å²) in [7, 11) is 0. The van der Waals surface area contributed by atoms with Gasteiger partial charge in [0.2, 0.25) is 0 Å². The molecule has 1 N–H and O–H groups in total. The topological polar surface area (TPSA) is 38.3 Å². The van der Waals surface area contributed by atoms with E-state index >= 15 is 0 Å². The average Bonchev–Trinajstić information content (AvgIpc) is 2.49. The molecule has 110 valence electrons. The van der Waals surface area contributed by atoms with Crippen LogP contribution in [0.25, 0.3) is 0 Å². The van der Waals surface area contributed by atoms with Crippen LogP contribution in [0.4, 0.5) is 0 Å². The van der Waals surface area contributed by atoms with Crippen LogP contribution in [-0.2, 0) is 11.3 Å². The van der Waals surface area contributed by atoms with Crippen molar-refractivity contribution in [3.63, 3.8) is 0 Å². The number of carbonyl (C=O) groups excluding carboxylic acids is 1. The van der Waals surface area contributed by atoms with E-state index in [-0.39, 0.29) is 5.91 Å². The number of hydrogen-bond donors (Lipinski definition) is 1. The van der Waals surface area contributed by atoms with Crippen LogP contribution in [0.1, 0.15) is 18.1 Å². The number of rotatable bonds is 5. The SMILES string of the molecule is Cc1ccc(Cl)c(O[C@H](C)C(=O)NCc2ccccc2)c1. The number of aryl methyl sites for hydroxylation is 1. The minimum absolute atomic E-state index is 0.170. The minimum atomic E-state index is -0.604. The van der Waals surface area contributed by atoms with Crippen molar-refractivity contribution in [3.05, 3.63) is 64.7 Å². The molecule has 0 fully saturated rings. The van der Waals surface area contributed by atoms with Crippen molar-refractivity contribution in [2.75, 3.05) is 0 Å². The van der Waals surface area contributed by atoms with Crippen molar-refractivity contribution in [2.45, 2.75) is 26.5 Å². The highest BCUT2D eigenvalue weighted by atomic mass is 35.5. The maximum absolute atomic E-state index is 12.0. The van der Waals surface area contributed by atoms with Gasteiger partial charge in [0.15, 0.2) is 6.10 Å². The van der Waals surface area contributed by atoms with Crippen LogP contribution in [-0.4, -0.2) is 12.0 Å². The highest BCUT2D eigenvalue weighted by Crippen LogP contribution is 2.26. The van der Waals surface area contributed by atoms with Crippen LogP contribution in [0.2, 0.25) is 5.02 Å². The predicted octanol–water partition coefficient (Wildman–Crippen LogP) is 3.73. The summed E-state index contributed by atoms with van der Waals surface area (Å²) in [5.41, 5.74) is 2.08. The van der Waals surface area contributed by atoms with Gasteiger partial charge in [0.1, 0.15) is 5.75 Å². The second kappa shape index (κ2) is 7.14. The van der Waals surface area contributed by atoms with Gasteiger partial charge in [-0.3, -0.25) is 4.79 Å². The fourth-order valence-electron chi connectivity index (χ4n) is 1.87. The number of carbonyl (C=O) groups is 1. The van der Waals surface area contributed by atoms with Gasteiger partial charge in [-0.2, -0.15) is 0 Å². The number of ether oxygens (including phenoxy) is 1. The van der Waals surface area contributed by atoms with Crippen molar-refractivity contribution in [2.24, 2.45) is 0 Å². The van der Waals surface area contributed by atoms with E-state index in [0.29, 0.717) is 17.3 Å². The Morgan fingerprint density at radius 1 is 1.24 bits per heavy atom. The highest BCUT2D eigenvalue weighted by Gasteiger charge is 2.15. The zero-order valence-electron chi connectivity index (χ0n) is 12.1. The first-order valence-electron chi connectivity index (χ1n) is 6.80. The molecule has 21 heavy (non-hydrogen) atoms. The lowest BCUT2D eigenvalue weighted by Crippen LogP contribution is -2.35. The molecule has 0 aromatic heterocycles. The zero-order valence-corrected chi connectivity index (χ0v) is 12.9. The van der Waals surface area contributed by atoms with Crippen molar-refractivity contribution in [1.29, 1.82) is 0 Å². The molecular weight excluding hydrogens is 286 g/mol. The monoisotopic (exact) mass is 303 g/mol. The van der Waals surface area contributed by atoms with E-state index < -0.39 is 6.10 Å². The van der Waals surface area contributed by atoms with Gasteiger partial charge in [-0.1, -0.05) is 48.0 Å². The van der Waals surface area contributed by atoms with Crippen LogP contribution in [0.3, 0.4) is 0 Å². The first-order valence-corrected chi connectivity index (χ1v) is 7.18. The quantitative estimate of drug-likeness (QED) is 0.914. The lowest BCUT2D eigenvalue weighted by atomic mass is 10.2. The van der Waals surface area contributed by atoms with Crippen molar-refractivity contribution in [3.8, 4) is 5.75 Å². The molecule has 2 aromatic rings. The van der Waals surface area contributed by atoms with Crippen LogP contribution in [0, 0.1) is 6.92 Å². The number of halogens is 1. The second-order valence-corrected chi connectivity index (χ2v) is 5.30. The molecule has 4 heteroatoms. The molecule has 0 unspecified atom stereocenters. The molecule has 2 rings (SSSR count). The van der Waals surface area contributed by atoms with Gasteiger partial charge in [0, 0.05) is 6.54 Å². The molecule has 0 aliphatic carbocycles. The highest BCUT2D eigenvalue weighted by molar-refractivity contribution is 6.32. The number of amides is 1. The summed E-state index contributed by atoms with van der Waals surface area (Å²) >= 11 is 6.06. The maximum Gasteiger partial charge on any atom is 0.261 e. The summed E-state index contributed by atoms with van der Waals surface area (Å²) in [5.74, 6) is 0.357. The molecule has 0 radical (unpaired) electrons. The second-order valence-electron chi connectivity index (χ2n) is 4.90. The van der Waals surface area contributed by atoms with Gasteiger partial charge in [-0.15, -0.1) is 0 Å². The first-order chi connectivity index (χ1) is 10.1. The fourth-order valence-corrected chi connectivity index (χ4v) is 2.04. The Morgan fingerprint density at radius 2 is 1.95 bits per heavy atom. The summed E-state index contributed by atoms with van der Waals surface area (Å²) in [6.07, 6.45) is -0.604. The third-order valence-corrected chi connectivity index (χ3v) is 3.38. The van der Waals surface area contributed by atoms with Crippen molar-refractivity contribution >= 4 is 17.5 Å². The van der Waals surface area contributed by atoms with E-state index in [2.05, 4.69) is 5.32 Å². The summed E-state index contributed by atoms with van der Waals surface area (Å²) in [5, 5.41) is 3.35. The predicted molar refractivity (Wildman–Crippen MR) is 84.6 cm³/mol. The Kier molecular flexibility index (Phi) is 5.23. The van der Waals surface area contributed by atoms with Crippen LogP contribution in [0.15, 0.2) is 48.5 Å². The van der Waals surface area contributed by atoms with E-state index in [1.807, 2.05) is 49.4 Å². The summed E-state index contributed by atoms with van der Waals surface area (Å²) < 4.78 is 5.63. The third-order valence-electron chi connectivity index (χ3n) is 3.07. The molecule has 0 aliphatic heterocycles. The molecule has 3 nitrogen and oxygen atoms in total. The number of nitrogens with one attached hydrogen (secondary N) is 1. The van der Waals surface area contributed by atoms with Crippen LogP contribution < -0.4 is 10.1 Å². The van der Waals surface area contributed by atoms with Gasteiger partial charge >= 0.3 is 0 Å². The molecule has 0 saturated carbocycles. The maximum atomic E-state index is 12.0. The van der Waals surface area contributed by atoms with Gasteiger partial charge in [-0.05, 0) is 37.1 Å².